The molecule has 0 amide bonds. The summed E-state index contributed by atoms with van der Waals surface area (Å²) in [6.07, 6.45) is 22.5. The molecule has 0 aromatic rings. The summed E-state index contributed by atoms with van der Waals surface area (Å²) in [6.45, 7) is 2.28. The molecule has 0 rings (SSSR count). The van der Waals surface area contributed by atoms with Gasteiger partial charge in [-0.3, -0.25) is 4.79 Å². The van der Waals surface area contributed by atoms with Gasteiger partial charge in [0.1, 0.15) is 0 Å². The summed E-state index contributed by atoms with van der Waals surface area (Å²) in [4.78, 5) is 10.3. The predicted molar refractivity (Wildman–Crippen MR) is 98.4 cm³/mol. The topological polar surface area (TPSA) is 17.1 Å². The second-order valence-electron chi connectivity index (χ2n) is 5.97. The molecule has 0 saturated heterocycles. The zero-order chi connectivity index (χ0) is 14.9. The molecule has 1 atom stereocenters. The van der Waals surface area contributed by atoms with Crippen LogP contribution in [0.2, 0.25) is 0 Å². The molecule has 0 fully saturated rings. The highest BCUT2D eigenvalue weighted by Crippen LogP contribution is 2.14. The lowest BCUT2D eigenvalue weighted by atomic mass is 10.0. The van der Waals surface area contributed by atoms with Crippen molar-refractivity contribution < 1.29 is 4.79 Å². The van der Waals surface area contributed by atoms with Crippen LogP contribution in [0.3, 0.4) is 0 Å². The third kappa shape index (κ3) is 16.5. The van der Waals surface area contributed by atoms with E-state index in [1.54, 1.807) is 0 Å². The Morgan fingerprint density at radius 3 is 1.40 bits per heavy atom. The van der Waals surface area contributed by atoms with Crippen LogP contribution in [0.4, 0.5) is 0 Å². The molecule has 119 valence electrons. The van der Waals surface area contributed by atoms with Crippen molar-refractivity contribution >= 4 is 28.9 Å². The van der Waals surface area contributed by atoms with Crippen LogP contribution >= 0.6 is 22.6 Å². The van der Waals surface area contributed by atoms with Gasteiger partial charge in [-0.1, -0.05) is 119 Å². The van der Waals surface area contributed by atoms with Gasteiger partial charge in [-0.25, -0.2) is 0 Å². The maximum Gasteiger partial charge on any atom is 0.212 e. The smallest absolute Gasteiger partial charge is 0.212 e. The molecule has 20 heavy (non-hydrogen) atoms. The predicted octanol–water partition coefficient (Wildman–Crippen LogP) is 6.77. The fourth-order valence-corrected chi connectivity index (χ4v) is 3.02. The van der Waals surface area contributed by atoms with Crippen LogP contribution < -0.4 is 0 Å². The van der Waals surface area contributed by atoms with Crippen LogP contribution in [-0.4, -0.2) is 10.2 Å². The Morgan fingerprint density at radius 2 is 1.05 bits per heavy atom. The molecular weight excluding hydrogens is 359 g/mol. The molecule has 0 aliphatic heterocycles. The van der Waals surface area contributed by atoms with E-state index in [1.807, 2.05) is 6.29 Å². The van der Waals surface area contributed by atoms with Crippen LogP contribution in [0.25, 0.3) is 0 Å². The van der Waals surface area contributed by atoms with E-state index in [1.165, 1.54) is 89.9 Å². The number of halogens is 1. The average molecular weight is 393 g/mol. The zero-order valence-electron chi connectivity index (χ0n) is 13.5. The Balaban J connectivity index is 2.97. The molecule has 1 radical (unpaired) electrons. The number of unbranched alkanes of at least 4 members (excludes halogenated alkanes) is 13. The minimum atomic E-state index is 0.116. The highest BCUT2D eigenvalue weighted by atomic mass is 127. The van der Waals surface area contributed by atoms with Crippen molar-refractivity contribution in [1.29, 1.82) is 0 Å². The lowest BCUT2D eigenvalue weighted by Gasteiger charge is -2.03. The Labute approximate surface area is 140 Å². The lowest BCUT2D eigenvalue weighted by Crippen LogP contribution is -1.97. The molecule has 0 heterocycles. The molecule has 1 nitrogen and oxygen atoms in total. The van der Waals surface area contributed by atoms with E-state index in [0.717, 1.165) is 6.42 Å². The molecule has 0 bridgehead atoms. The Kier molecular flexibility index (Phi) is 17.8. The summed E-state index contributed by atoms with van der Waals surface area (Å²) in [5.74, 6) is 0. The van der Waals surface area contributed by atoms with Crippen molar-refractivity contribution in [2.24, 2.45) is 0 Å². The quantitative estimate of drug-likeness (QED) is 0.161. The highest BCUT2D eigenvalue weighted by molar-refractivity contribution is 14.1. The number of hydrogen-bond acceptors (Lipinski definition) is 1. The van der Waals surface area contributed by atoms with E-state index in [2.05, 4.69) is 29.5 Å². The Bertz CT molecular complexity index is 194. The first-order valence-electron chi connectivity index (χ1n) is 8.83. The van der Waals surface area contributed by atoms with E-state index in [-0.39, 0.29) is 3.92 Å². The molecule has 0 aromatic heterocycles. The van der Waals surface area contributed by atoms with Crippen molar-refractivity contribution in [1.82, 2.24) is 0 Å². The largest absolute Gasteiger partial charge is 0.290 e. The first-order valence-corrected chi connectivity index (χ1v) is 10.1. The molecule has 0 aliphatic carbocycles. The van der Waals surface area contributed by atoms with Crippen molar-refractivity contribution in [3.05, 3.63) is 0 Å². The number of rotatable bonds is 16. The van der Waals surface area contributed by atoms with Gasteiger partial charge in [0.25, 0.3) is 0 Å². The number of hydrogen-bond donors (Lipinski definition) is 0. The summed E-state index contributed by atoms with van der Waals surface area (Å²) in [5, 5.41) is 0. The van der Waals surface area contributed by atoms with Crippen LogP contribution in [0.1, 0.15) is 103 Å². The summed E-state index contributed by atoms with van der Waals surface area (Å²) < 4.78 is 0.116. The first kappa shape index (κ1) is 20.4. The third-order valence-electron chi connectivity index (χ3n) is 3.94. The maximum absolute atomic E-state index is 10.3. The van der Waals surface area contributed by atoms with Crippen molar-refractivity contribution in [2.45, 2.75) is 107 Å². The monoisotopic (exact) mass is 393 g/mol. The van der Waals surface area contributed by atoms with Gasteiger partial charge in [-0.15, -0.1) is 0 Å². The normalized spacial score (nSPS) is 12.5. The molecule has 0 aromatic carbocycles. The van der Waals surface area contributed by atoms with E-state index in [0.29, 0.717) is 0 Å². The van der Waals surface area contributed by atoms with Gasteiger partial charge < -0.3 is 0 Å². The van der Waals surface area contributed by atoms with Crippen LogP contribution in [0.5, 0.6) is 0 Å². The summed E-state index contributed by atoms with van der Waals surface area (Å²) in [7, 11) is 0. The number of carbonyl (C=O) groups excluding carboxylic acids is 1. The lowest BCUT2D eigenvalue weighted by molar-refractivity contribution is 0.530. The minimum absolute atomic E-state index is 0.116. The van der Waals surface area contributed by atoms with E-state index < -0.39 is 0 Å². The standard InChI is InChI=1S/C18H34IO/c1-2-3-4-5-6-7-8-9-10-11-12-13-14-15-16-18(19)17-20/h18H,2-16H2,1H3. The summed E-state index contributed by atoms with van der Waals surface area (Å²) in [6, 6.07) is 0. The number of alkyl halides is 1. The SMILES string of the molecule is CCCCCCCCCCCCCCCCC(I)[C]=O. The van der Waals surface area contributed by atoms with E-state index in [4.69, 9.17) is 0 Å². The van der Waals surface area contributed by atoms with Gasteiger partial charge in [0.05, 0.1) is 3.92 Å². The highest BCUT2D eigenvalue weighted by Gasteiger charge is 2.01. The molecule has 0 aliphatic rings. The fourth-order valence-electron chi connectivity index (χ4n) is 2.58. The van der Waals surface area contributed by atoms with Crippen LogP contribution in [0, 0.1) is 0 Å². The van der Waals surface area contributed by atoms with Gasteiger partial charge in [0.15, 0.2) is 0 Å². The van der Waals surface area contributed by atoms with E-state index in [9.17, 15) is 4.79 Å². The molecule has 2 heteroatoms. The van der Waals surface area contributed by atoms with Gasteiger partial charge in [-0.2, -0.15) is 0 Å². The Morgan fingerprint density at radius 1 is 0.700 bits per heavy atom. The molecule has 0 spiro atoms. The second-order valence-corrected chi connectivity index (χ2v) is 7.47. The second kappa shape index (κ2) is 17.5. The molecule has 0 N–H and O–H groups in total. The fraction of sp³-hybridized carbons (Fsp3) is 0.944. The zero-order valence-corrected chi connectivity index (χ0v) is 15.6. The molecule has 1 unspecified atom stereocenters. The van der Waals surface area contributed by atoms with Gasteiger partial charge in [0, 0.05) is 0 Å². The van der Waals surface area contributed by atoms with Gasteiger partial charge >= 0.3 is 0 Å². The third-order valence-corrected chi connectivity index (χ3v) is 4.82. The molecule has 0 saturated carbocycles. The minimum Gasteiger partial charge on any atom is -0.290 e. The first-order chi connectivity index (χ1) is 9.81. The van der Waals surface area contributed by atoms with Crippen LogP contribution in [0.15, 0.2) is 0 Å². The van der Waals surface area contributed by atoms with Crippen molar-refractivity contribution in [3.8, 4) is 0 Å². The Hall–Kier alpha value is 0.400. The van der Waals surface area contributed by atoms with Crippen molar-refractivity contribution in [3.63, 3.8) is 0 Å². The van der Waals surface area contributed by atoms with Crippen LogP contribution in [-0.2, 0) is 4.79 Å². The van der Waals surface area contributed by atoms with E-state index >= 15 is 0 Å². The van der Waals surface area contributed by atoms with Gasteiger partial charge in [0.2, 0.25) is 6.29 Å². The average Bonchev–Trinajstić information content (AvgIpc) is 2.47. The maximum atomic E-state index is 10.3. The van der Waals surface area contributed by atoms with Crippen molar-refractivity contribution in [2.75, 3.05) is 0 Å². The summed E-state index contributed by atoms with van der Waals surface area (Å²) in [5.41, 5.74) is 0. The molecular formula is C18H34IO. The summed E-state index contributed by atoms with van der Waals surface area (Å²) >= 11 is 2.18. The van der Waals surface area contributed by atoms with Gasteiger partial charge in [-0.05, 0) is 6.42 Å².